The van der Waals surface area contributed by atoms with Crippen molar-refractivity contribution in [2.24, 2.45) is 0 Å². The normalized spacial score (nSPS) is 16.8. The Labute approximate surface area is 215 Å². The van der Waals surface area contributed by atoms with Crippen molar-refractivity contribution in [1.82, 2.24) is 29.7 Å². The number of sulfonamides is 1. The summed E-state index contributed by atoms with van der Waals surface area (Å²) in [6, 6.07) is 2.95. The lowest BCUT2D eigenvalue weighted by Gasteiger charge is -2.26. The van der Waals surface area contributed by atoms with Crippen molar-refractivity contribution in [3.63, 3.8) is 0 Å². The Morgan fingerprint density at radius 3 is 2.54 bits per heavy atom. The van der Waals surface area contributed by atoms with Gasteiger partial charge in [-0.15, -0.1) is 10.2 Å². The van der Waals surface area contributed by atoms with E-state index >= 15 is 0 Å². The summed E-state index contributed by atoms with van der Waals surface area (Å²) < 4.78 is 54.0. The van der Waals surface area contributed by atoms with E-state index in [1.807, 2.05) is 20.8 Å². The first-order valence-electron chi connectivity index (χ1n) is 11.7. The zero-order valence-electron chi connectivity index (χ0n) is 21.6. The van der Waals surface area contributed by atoms with Gasteiger partial charge in [-0.1, -0.05) is 0 Å². The van der Waals surface area contributed by atoms with E-state index < -0.39 is 27.4 Å². The van der Waals surface area contributed by atoms with Crippen LogP contribution in [-0.4, -0.2) is 76.9 Å². The number of pyridine rings is 1. The highest BCUT2D eigenvalue weighted by molar-refractivity contribution is 7.93. The molecule has 0 spiro atoms. The highest BCUT2D eigenvalue weighted by atomic mass is 32.2. The first kappa shape index (κ1) is 26.7. The van der Waals surface area contributed by atoms with Gasteiger partial charge in [-0.2, -0.15) is 0 Å². The van der Waals surface area contributed by atoms with Gasteiger partial charge in [0, 0.05) is 25.6 Å². The van der Waals surface area contributed by atoms with Crippen molar-refractivity contribution < 1.29 is 27.4 Å². The summed E-state index contributed by atoms with van der Waals surface area (Å²) in [5.41, 5.74) is 1.22. The average molecular weight is 534 g/mol. The number of anilines is 1. The molecule has 200 valence electrons. The number of nitrogens with one attached hydrogen (secondary N) is 1. The Kier molecular flexibility index (Phi) is 7.90. The van der Waals surface area contributed by atoms with Gasteiger partial charge in [-0.3, -0.25) is 9.29 Å². The van der Waals surface area contributed by atoms with E-state index in [-0.39, 0.29) is 31.1 Å². The molecule has 3 aromatic heterocycles. The number of nitrogens with zero attached hydrogens (tertiary/aromatic N) is 6. The van der Waals surface area contributed by atoms with Crippen molar-refractivity contribution in [1.29, 1.82) is 0 Å². The molecule has 3 atom stereocenters. The number of fused-ring (bicyclic) bond motifs is 3. The van der Waals surface area contributed by atoms with Gasteiger partial charge in [0.2, 0.25) is 21.9 Å². The van der Waals surface area contributed by atoms with Crippen LogP contribution in [0.2, 0.25) is 0 Å². The van der Waals surface area contributed by atoms with Crippen LogP contribution in [-0.2, 0) is 19.5 Å². The Morgan fingerprint density at radius 1 is 1.16 bits per heavy atom. The highest BCUT2D eigenvalue weighted by Crippen LogP contribution is 2.36. The summed E-state index contributed by atoms with van der Waals surface area (Å²) in [4.78, 5) is 13.1. The van der Waals surface area contributed by atoms with Crippen molar-refractivity contribution in [2.75, 3.05) is 32.2 Å². The van der Waals surface area contributed by atoms with Crippen LogP contribution < -0.4 is 14.2 Å². The number of hydrogen-bond donors (Lipinski definition) is 1. The Morgan fingerprint density at radius 2 is 1.89 bits per heavy atom. The van der Waals surface area contributed by atoms with Crippen LogP contribution in [0, 0.1) is 6.92 Å². The third-order valence-electron chi connectivity index (χ3n) is 5.73. The molecule has 0 saturated heterocycles. The SMILES string of the molecule is COC[C@H]1COc2ccc(OC)nc2-c2nnc(NS(=O)(=O)C(C)C(OC(C)C)c3ncc(C)cn3)n21. The summed E-state index contributed by atoms with van der Waals surface area (Å²) in [6.45, 7) is 7.43. The zero-order valence-corrected chi connectivity index (χ0v) is 22.4. The van der Waals surface area contributed by atoms with E-state index in [1.165, 1.54) is 14.0 Å². The first-order chi connectivity index (χ1) is 17.6. The summed E-state index contributed by atoms with van der Waals surface area (Å²) in [5, 5.41) is 7.33. The smallest absolute Gasteiger partial charge is 0.240 e. The molecule has 0 radical (unpaired) electrons. The predicted molar refractivity (Wildman–Crippen MR) is 134 cm³/mol. The first-order valence-corrected chi connectivity index (χ1v) is 13.3. The van der Waals surface area contributed by atoms with Gasteiger partial charge in [0.15, 0.2) is 17.3 Å². The van der Waals surface area contributed by atoms with Crippen LogP contribution in [0.4, 0.5) is 5.95 Å². The second kappa shape index (κ2) is 10.9. The quantitative estimate of drug-likeness (QED) is 0.408. The minimum Gasteiger partial charge on any atom is -0.489 e. The minimum absolute atomic E-state index is 0.00177. The number of aryl methyl sites for hydroxylation is 1. The molecular weight excluding hydrogens is 502 g/mol. The molecule has 0 aromatic carbocycles. The molecule has 14 heteroatoms. The van der Waals surface area contributed by atoms with E-state index in [0.717, 1.165) is 5.56 Å². The number of aromatic nitrogens is 6. The molecular formula is C23H31N7O6S. The van der Waals surface area contributed by atoms with E-state index in [9.17, 15) is 8.42 Å². The minimum atomic E-state index is -4.07. The molecule has 4 rings (SSSR count). The van der Waals surface area contributed by atoms with Gasteiger partial charge in [-0.05, 0) is 39.3 Å². The monoisotopic (exact) mass is 533 g/mol. The summed E-state index contributed by atoms with van der Waals surface area (Å²) in [7, 11) is -1.02. The van der Waals surface area contributed by atoms with Crippen molar-refractivity contribution in [3.05, 3.63) is 35.9 Å². The lowest BCUT2D eigenvalue weighted by Crippen LogP contribution is -2.35. The summed E-state index contributed by atoms with van der Waals surface area (Å²) in [6.07, 6.45) is 2.06. The molecule has 1 N–H and O–H groups in total. The highest BCUT2D eigenvalue weighted by Gasteiger charge is 2.37. The third kappa shape index (κ3) is 5.65. The van der Waals surface area contributed by atoms with Gasteiger partial charge in [0.25, 0.3) is 0 Å². The molecule has 0 fully saturated rings. The van der Waals surface area contributed by atoms with Gasteiger partial charge in [0.05, 0.1) is 25.9 Å². The summed E-state index contributed by atoms with van der Waals surface area (Å²) >= 11 is 0. The second-order valence-electron chi connectivity index (χ2n) is 8.91. The summed E-state index contributed by atoms with van der Waals surface area (Å²) in [5.74, 6) is 1.41. The Balaban J connectivity index is 1.72. The standard InChI is InChI=1S/C23H31N7O6S/c1-13(2)36-20(21-24-9-14(3)10-25-21)15(4)37(31,32)29-23-28-27-22-19-17(7-8-18(26-19)34-6)35-12-16(11-33-5)30(22)23/h7-10,13,15-16,20H,11-12H2,1-6H3,(H,28,29)/t15?,16-,20?/m0/s1. The molecule has 3 aromatic rings. The maximum absolute atomic E-state index is 13.6. The number of ether oxygens (including phenoxy) is 4. The van der Waals surface area contributed by atoms with Crippen molar-refractivity contribution >= 4 is 16.0 Å². The second-order valence-corrected chi connectivity index (χ2v) is 11.0. The van der Waals surface area contributed by atoms with Gasteiger partial charge in [0.1, 0.15) is 23.7 Å². The van der Waals surface area contributed by atoms with E-state index in [4.69, 9.17) is 18.9 Å². The molecule has 4 heterocycles. The van der Waals surface area contributed by atoms with E-state index in [0.29, 0.717) is 23.1 Å². The molecule has 0 aliphatic carbocycles. The van der Waals surface area contributed by atoms with Crippen LogP contribution in [0.15, 0.2) is 24.5 Å². The number of hydrogen-bond acceptors (Lipinski definition) is 11. The van der Waals surface area contributed by atoms with Crippen LogP contribution in [0.5, 0.6) is 11.6 Å². The van der Waals surface area contributed by atoms with Crippen LogP contribution in [0.3, 0.4) is 0 Å². The maximum Gasteiger partial charge on any atom is 0.240 e. The fourth-order valence-corrected chi connectivity index (χ4v) is 4.96. The van der Waals surface area contributed by atoms with Crippen LogP contribution >= 0.6 is 0 Å². The lowest BCUT2D eigenvalue weighted by molar-refractivity contribution is 0.00152. The van der Waals surface area contributed by atoms with Gasteiger partial charge >= 0.3 is 0 Å². The molecule has 1 aliphatic rings. The van der Waals surface area contributed by atoms with Crippen molar-refractivity contribution in [3.8, 4) is 23.1 Å². The zero-order chi connectivity index (χ0) is 26.7. The molecule has 13 nitrogen and oxygen atoms in total. The molecule has 37 heavy (non-hydrogen) atoms. The van der Waals surface area contributed by atoms with Crippen LogP contribution in [0.1, 0.15) is 44.3 Å². The average Bonchev–Trinajstić information content (AvgIpc) is 3.20. The maximum atomic E-state index is 13.6. The van der Waals surface area contributed by atoms with E-state index in [1.54, 1.807) is 36.2 Å². The fourth-order valence-electron chi connectivity index (χ4n) is 3.87. The number of rotatable bonds is 10. The molecule has 0 bridgehead atoms. The van der Waals surface area contributed by atoms with Gasteiger partial charge in [-0.25, -0.2) is 23.4 Å². The third-order valence-corrected chi connectivity index (χ3v) is 7.42. The molecule has 2 unspecified atom stereocenters. The largest absolute Gasteiger partial charge is 0.489 e. The van der Waals surface area contributed by atoms with Crippen LogP contribution in [0.25, 0.3) is 11.5 Å². The van der Waals surface area contributed by atoms with Gasteiger partial charge < -0.3 is 18.9 Å². The lowest BCUT2D eigenvalue weighted by atomic mass is 10.2. The Hall–Kier alpha value is -3.36. The molecule has 0 amide bonds. The van der Waals surface area contributed by atoms with E-state index in [2.05, 4.69) is 29.9 Å². The number of methoxy groups -OCH3 is 2. The molecule has 1 aliphatic heterocycles. The Bertz CT molecular complexity index is 1330. The predicted octanol–water partition coefficient (Wildman–Crippen LogP) is 2.32. The fraction of sp³-hybridized carbons (Fsp3) is 0.522. The molecule has 0 saturated carbocycles. The topological polar surface area (TPSA) is 152 Å². The van der Waals surface area contributed by atoms with Crippen molar-refractivity contribution in [2.45, 2.75) is 51.2 Å².